The molecular formula is C56H40N6. The van der Waals surface area contributed by atoms with Crippen molar-refractivity contribution in [2.24, 2.45) is 0 Å². The Labute approximate surface area is 359 Å². The van der Waals surface area contributed by atoms with Gasteiger partial charge in [-0.05, 0) is 82.9 Å². The van der Waals surface area contributed by atoms with Gasteiger partial charge in [0, 0.05) is 55.7 Å². The molecule has 8 bridgehead atoms. The van der Waals surface area contributed by atoms with E-state index in [2.05, 4.69) is 203 Å². The van der Waals surface area contributed by atoms with Crippen LogP contribution < -0.4 is 10.6 Å². The lowest BCUT2D eigenvalue weighted by Crippen LogP contribution is -1.99. The van der Waals surface area contributed by atoms with Gasteiger partial charge in [-0.25, -0.2) is 9.97 Å². The predicted molar refractivity (Wildman–Crippen MR) is 259 cm³/mol. The summed E-state index contributed by atoms with van der Waals surface area (Å²) in [4.78, 5) is 19.1. The Morgan fingerprint density at radius 1 is 0.290 bits per heavy atom. The van der Waals surface area contributed by atoms with Crippen molar-refractivity contribution in [2.45, 2.75) is 0 Å². The van der Waals surface area contributed by atoms with Gasteiger partial charge in [0.25, 0.3) is 0 Å². The quantitative estimate of drug-likeness (QED) is 0.123. The SMILES string of the molecule is C1=C(Nc2ccccc2)c2nc1c(-c1ccccc1)c1ccc([nH]1)c(-c1ccccc1)c1nc(c(-c3ccccc3)c3ccc([nH]3)c2-c2ccccc2)C=C1Nc1ccccc1. The summed E-state index contributed by atoms with van der Waals surface area (Å²) in [5.41, 5.74) is 18.9. The molecule has 0 amide bonds. The van der Waals surface area contributed by atoms with Crippen LogP contribution in [0.4, 0.5) is 11.4 Å². The molecule has 2 aliphatic heterocycles. The molecule has 0 aliphatic carbocycles. The zero-order chi connectivity index (χ0) is 41.2. The van der Waals surface area contributed by atoms with Crippen molar-refractivity contribution in [3.8, 4) is 44.5 Å². The van der Waals surface area contributed by atoms with Crippen LogP contribution in [0.2, 0.25) is 0 Å². The smallest absolute Gasteiger partial charge is 0.0971 e. The van der Waals surface area contributed by atoms with Crippen LogP contribution in [-0.4, -0.2) is 19.9 Å². The zero-order valence-corrected chi connectivity index (χ0v) is 33.7. The van der Waals surface area contributed by atoms with Gasteiger partial charge in [0.15, 0.2) is 0 Å². The molecule has 294 valence electrons. The molecule has 3 aromatic heterocycles. The van der Waals surface area contributed by atoms with E-state index >= 15 is 0 Å². The average molecular weight is 797 g/mol. The normalized spacial score (nSPS) is 12.1. The van der Waals surface area contributed by atoms with Crippen LogP contribution in [0, 0.1) is 0 Å². The number of nitrogens with one attached hydrogen (secondary N) is 4. The molecule has 2 aliphatic rings. The number of hydrogen-bond donors (Lipinski definition) is 4. The van der Waals surface area contributed by atoms with E-state index in [1.807, 2.05) is 36.4 Å². The molecule has 4 N–H and O–H groups in total. The molecule has 6 heteroatoms. The summed E-state index contributed by atoms with van der Waals surface area (Å²) < 4.78 is 0. The first-order valence-corrected chi connectivity index (χ1v) is 20.8. The van der Waals surface area contributed by atoms with Crippen molar-refractivity contribution in [1.82, 2.24) is 19.9 Å². The third-order valence-corrected chi connectivity index (χ3v) is 11.3. The van der Waals surface area contributed by atoms with Gasteiger partial charge in [0.2, 0.25) is 0 Å². The highest BCUT2D eigenvalue weighted by Crippen LogP contribution is 2.42. The highest BCUT2D eigenvalue weighted by atomic mass is 15.0. The predicted octanol–water partition coefficient (Wildman–Crippen LogP) is 14.2. The van der Waals surface area contributed by atoms with Crippen LogP contribution in [0.15, 0.2) is 206 Å². The molecule has 0 unspecified atom stereocenters. The first kappa shape index (κ1) is 36.6. The summed E-state index contributed by atoms with van der Waals surface area (Å²) in [7, 11) is 0. The second-order valence-corrected chi connectivity index (χ2v) is 15.3. The molecule has 0 spiro atoms. The number of fused-ring (bicyclic) bond motifs is 8. The molecule has 11 rings (SSSR count). The van der Waals surface area contributed by atoms with Crippen molar-refractivity contribution in [3.05, 3.63) is 229 Å². The van der Waals surface area contributed by atoms with Gasteiger partial charge >= 0.3 is 0 Å². The maximum atomic E-state index is 5.63. The van der Waals surface area contributed by atoms with Crippen LogP contribution in [0.5, 0.6) is 0 Å². The maximum absolute atomic E-state index is 5.63. The van der Waals surface area contributed by atoms with Crippen molar-refractivity contribution in [3.63, 3.8) is 0 Å². The monoisotopic (exact) mass is 796 g/mol. The minimum Gasteiger partial charge on any atom is -0.354 e. The Balaban J connectivity index is 1.33. The van der Waals surface area contributed by atoms with Crippen LogP contribution in [0.1, 0.15) is 22.8 Å². The molecule has 62 heavy (non-hydrogen) atoms. The van der Waals surface area contributed by atoms with Gasteiger partial charge in [-0.2, -0.15) is 0 Å². The Bertz CT molecular complexity index is 3070. The van der Waals surface area contributed by atoms with Gasteiger partial charge < -0.3 is 20.6 Å². The third-order valence-electron chi connectivity index (χ3n) is 11.3. The van der Waals surface area contributed by atoms with Gasteiger partial charge in [0.1, 0.15) is 0 Å². The van der Waals surface area contributed by atoms with Gasteiger partial charge in [-0.15, -0.1) is 0 Å². The van der Waals surface area contributed by atoms with E-state index in [4.69, 9.17) is 9.97 Å². The molecule has 0 atom stereocenters. The second kappa shape index (κ2) is 15.9. The van der Waals surface area contributed by atoms with Gasteiger partial charge in [-0.1, -0.05) is 158 Å². The minimum atomic E-state index is 0.830. The average Bonchev–Trinajstić information content (AvgIpc) is 4.16. The number of nitrogens with zero attached hydrogens (tertiary/aromatic N) is 2. The number of rotatable bonds is 8. The Kier molecular flexibility index (Phi) is 9.41. The molecule has 5 heterocycles. The Hall–Kier alpha value is -8.48. The van der Waals surface area contributed by atoms with Gasteiger partial charge in [0.05, 0.1) is 34.2 Å². The fraction of sp³-hybridized carbons (Fsp3) is 0. The number of H-pyrrole nitrogens is 2. The van der Waals surface area contributed by atoms with Crippen molar-refractivity contribution in [1.29, 1.82) is 0 Å². The second-order valence-electron chi connectivity index (χ2n) is 15.3. The van der Waals surface area contributed by atoms with E-state index in [9.17, 15) is 0 Å². The summed E-state index contributed by atoms with van der Waals surface area (Å²) >= 11 is 0. The van der Waals surface area contributed by atoms with E-state index in [1.54, 1.807) is 0 Å². The third kappa shape index (κ3) is 6.95. The fourth-order valence-electron chi connectivity index (χ4n) is 8.53. The molecule has 0 radical (unpaired) electrons. The maximum Gasteiger partial charge on any atom is 0.0971 e. The van der Waals surface area contributed by atoms with E-state index in [0.717, 1.165) is 112 Å². The molecule has 0 saturated heterocycles. The zero-order valence-electron chi connectivity index (χ0n) is 33.7. The lowest BCUT2D eigenvalue weighted by Gasteiger charge is -2.11. The molecular weight excluding hydrogens is 757 g/mol. The van der Waals surface area contributed by atoms with Crippen molar-refractivity contribution < 1.29 is 0 Å². The summed E-state index contributed by atoms with van der Waals surface area (Å²) in [6.45, 7) is 0. The van der Waals surface area contributed by atoms with Crippen LogP contribution >= 0.6 is 0 Å². The van der Waals surface area contributed by atoms with E-state index in [1.165, 1.54) is 0 Å². The van der Waals surface area contributed by atoms with E-state index < -0.39 is 0 Å². The first-order chi connectivity index (χ1) is 30.7. The van der Waals surface area contributed by atoms with Crippen LogP contribution in [-0.2, 0) is 0 Å². The lowest BCUT2D eigenvalue weighted by atomic mass is 10.0. The highest BCUT2D eigenvalue weighted by molar-refractivity contribution is 6.05. The number of aromatic amines is 2. The van der Waals surface area contributed by atoms with E-state index in [-0.39, 0.29) is 0 Å². The van der Waals surface area contributed by atoms with E-state index in [0.29, 0.717) is 0 Å². The number of benzene rings is 6. The molecule has 0 fully saturated rings. The Morgan fingerprint density at radius 2 is 0.565 bits per heavy atom. The molecule has 0 saturated carbocycles. The molecule has 9 aromatic rings. The molecule has 6 nitrogen and oxygen atoms in total. The largest absolute Gasteiger partial charge is 0.354 e. The minimum absolute atomic E-state index is 0.830. The van der Waals surface area contributed by atoms with Crippen molar-refractivity contribution in [2.75, 3.05) is 10.6 Å². The van der Waals surface area contributed by atoms with Crippen molar-refractivity contribution >= 4 is 57.0 Å². The lowest BCUT2D eigenvalue weighted by molar-refractivity contribution is 1.30. The number of para-hydroxylation sites is 2. The summed E-state index contributed by atoms with van der Waals surface area (Å²) in [6, 6.07) is 71.4. The topological polar surface area (TPSA) is 81.4 Å². The van der Waals surface area contributed by atoms with Gasteiger partial charge in [-0.3, -0.25) is 0 Å². The number of hydrogen-bond acceptors (Lipinski definition) is 4. The number of anilines is 2. The summed E-state index contributed by atoms with van der Waals surface area (Å²) in [5, 5.41) is 7.54. The summed E-state index contributed by atoms with van der Waals surface area (Å²) in [5.74, 6) is 0. The van der Waals surface area contributed by atoms with Crippen LogP contribution in [0.25, 0.3) is 90.1 Å². The fourth-order valence-corrected chi connectivity index (χ4v) is 8.53. The van der Waals surface area contributed by atoms with Crippen LogP contribution in [0.3, 0.4) is 0 Å². The standard InChI is InChI=1S/C56H40N6/c1-7-19-37(20-8-1)51-43-31-33-45(59-43)53(39-23-11-3-12-24-39)56-50(58-42-29-17-6-18-30-42)36-48(62-56)52(38-21-9-2-10-22-38)44-32-34-46(60-44)54(40-25-13-4-14-26-40)55-49(35-47(51)61-55)57-41-27-15-5-16-28-41/h1-36,57-60H. The summed E-state index contributed by atoms with van der Waals surface area (Å²) in [6.07, 6.45) is 4.37. The molecule has 6 aromatic carbocycles. The number of aromatic nitrogens is 4. The Morgan fingerprint density at radius 3 is 0.887 bits per heavy atom. The highest BCUT2D eigenvalue weighted by Gasteiger charge is 2.24. The first-order valence-electron chi connectivity index (χ1n) is 20.8.